The number of nitrogens with one attached hydrogen (secondary N) is 2. The van der Waals surface area contributed by atoms with Gasteiger partial charge in [-0.05, 0) is 6.42 Å². The predicted molar refractivity (Wildman–Crippen MR) is 118 cm³/mol. The second-order valence-corrected chi connectivity index (χ2v) is 8.39. The maximum absolute atomic E-state index is 13.7. The molecule has 4 rings (SSSR count). The molecule has 4 aromatic rings. The van der Waals surface area contributed by atoms with Crippen LogP contribution in [0, 0.1) is 11.7 Å². The quantitative estimate of drug-likeness (QED) is 0.171. The summed E-state index contributed by atoms with van der Waals surface area (Å²) in [6.45, 7) is 2.05. The molecule has 4 heterocycles. The number of aromatic amines is 1. The number of amides is 1. The van der Waals surface area contributed by atoms with Gasteiger partial charge in [-0.25, -0.2) is 14.1 Å². The van der Waals surface area contributed by atoms with Gasteiger partial charge in [-0.15, -0.1) is 11.3 Å². The number of aromatic nitrogens is 6. The smallest absolute Gasteiger partial charge is 0.291 e. The number of carbonyl (C=O) groups is 1. The number of rotatable bonds is 8. The molecule has 6 N–H and O–H groups in total. The fourth-order valence-corrected chi connectivity index (χ4v) is 4.85. The highest BCUT2D eigenvalue weighted by Gasteiger charge is 2.22. The second kappa shape index (κ2) is 8.51. The molecule has 0 aliphatic rings. The van der Waals surface area contributed by atoms with Crippen molar-refractivity contribution in [3.05, 3.63) is 51.0 Å². The van der Waals surface area contributed by atoms with Crippen LogP contribution in [0.25, 0.3) is 21.3 Å². The topological polar surface area (TPSA) is 163 Å². The Kier molecular flexibility index (Phi) is 5.76. The Morgan fingerprint density at radius 2 is 2.25 bits per heavy atom. The minimum Gasteiger partial charge on any atom is -0.366 e. The molecule has 0 fully saturated rings. The number of primary amides is 1. The Hall–Kier alpha value is -3.58. The van der Waals surface area contributed by atoms with Crippen LogP contribution in [0.2, 0.25) is 0 Å². The van der Waals surface area contributed by atoms with Gasteiger partial charge in [0.25, 0.3) is 5.56 Å². The van der Waals surface area contributed by atoms with Crippen molar-refractivity contribution in [1.82, 2.24) is 35.0 Å². The number of nitrogens with zero attached hydrogens (tertiary/aromatic N) is 5. The number of thiazole rings is 1. The fourth-order valence-electron chi connectivity index (χ4n) is 3.75. The van der Waals surface area contributed by atoms with E-state index in [1.54, 1.807) is 17.8 Å². The summed E-state index contributed by atoms with van der Waals surface area (Å²) < 4.78 is 17.5. The minimum atomic E-state index is -0.617. The van der Waals surface area contributed by atoms with Gasteiger partial charge in [0.15, 0.2) is 11.5 Å². The van der Waals surface area contributed by atoms with Gasteiger partial charge in [-0.1, -0.05) is 6.92 Å². The van der Waals surface area contributed by atoms with Crippen LogP contribution in [0.4, 0.5) is 4.39 Å². The molecule has 0 aliphatic carbocycles. The largest absolute Gasteiger partial charge is 0.366 e. The van der Waals surface area contributed by atoms with Crippen LogP contribution >= 0.6 is 11.3 Å². The van der Waals surface area contributed by atoms with E-state index in [0.29, 0.717) is 28.0 Å². The fraction of sp³-hybridized carbons (Fsp3) is 0.316. The van der Waals surface area contributed by atoms with Gasteiger partial charge in [0.2, 0.25) is 5.91 Å². The normalized spacial score (nSPS) is 13.2. The molecule has 0 radical (unpaired) electrons. The van der Waals surface area contributed by atoms with Gasteiger partial charge in [0, 0.05) is 36.5 Å². The van der Waals surface area contributed by atoms with Crippen LogP contribution in [0.1, 0.15) is 24.0 Å². The van der Waals surface area contributed by atoms with Crippen LogP contribution < -0.4 is 22.6 Å². The highest BCUT2D eigenvalue weighted by molar-refractivity contribution is 7.19. The van der Waals surface area contributed by atoms with Gasteiger partial charge in [-0.3, -0.25) is 20.5 Å². The zero-order valence-corrected chi connectivity index (χ0v) is 18.2. The van der Waals surface area contributed by atoms with Gasteiger partial charge in [0.1, 0.15) is 16.2 Å². The first kappa shape index (κ1) is 21.6. The van der Waals surface area contributed by atoms with Crippen molar-refractivity contribution in [2.45, 2.75) is 26.3 Å². The zero-order valence-electron chi connectivity index (χ0n) is 17.4. The van der Waals surface area contributed by atoms with Crippen LogP contribution in [0.15, 0.2) is 29.0 Å². The number of nitrogens with two attached hydrogens (primary N) is 2. The lowest BCUT2D eigenvalue weighted by Crippen LogP contribution is -2.32. The average molecular weight is 460 g/mol. The maximum Gasteiger partial charge on any atom is 0.291 e. The lowest BCUT2D eigenvalue weighted by atomic mass is 9.96. The van der Waals surface area contributed by atoms with Crippen molar-refractivity contribution in [3.8, 4) is 0 Å². The molecule has 0 saturated carbocycles. The SMILES string of the molecule is CCC(Cn1ncc2c3sc(Cc4n[nH]cc4F)nc3n(C)c2c1=O)/C(=C\NN)C(N)=O. The summed E-state index contributed by atoms with van der Waals surface area (Å²) in [4.78, 5) is 29.6. The van der Waals surface area contributed by atoms with E-state index in [1.165, 1.54) is 28.4 Å². The van der Waals surface area contributed by atoms with Crippen molar-refractivity contribution in [2.75, 3.05) is 0 Å². The first-order chi connectivity index (χ1) is 15.3. The van der Waals surface area contributed by atoms with Gasteiger partial charge >= 0.3 is 0 Å². The number of aryl methyl sites for hydroxylation is 1. The summed E-state index contributed by atoms with van der Waals surface area (Å²) in [5.41, 5.74) is 9.12. The summed E-state index contributed by atoms with van der Waals surface area (Å²) in [5.74, 6) is 3.94. The highest BCUT2D eigenvalue weighted by Crippen LogP contribution is 2.31. The van der Waals surface area contributed by atoms with Crippen LogP contribution in [0.5, 0.6) is 0 Å². The Labute approximate surface area is 184 Å². The van der Waals surface area contributed by atoms with E-state index in [-0.39, 0.29) is 35.7 Å². The third kappa shape index (κ3) is 3.65. The molecule has 0 spiro atoms. The molecule has 168 valence electrons. The third-order valence-corrected chi connectivity index (χ3v) is 6.48. The number of hydrogen-bond acceptors (Lipinski definition) is 8. The number of fused-ring (bicyclic) bond motifs is 3. The van der Waals surface area contributed by atoms with Crippen LogP contribution in [-0.2, 0) is 24.8 Å². The summed E-state index contributed by atoms with van der Waals surface area (Å²) in [6.07, 6.45) is 4.94. The Morgan fingerprint density at radius 3 is 2.88 bits per heavy atom. The van der Waals surface area contributed by atoms with E-state index in [4.69, 9.17) is 11.6 Å². The Balaban J connectivity index is 1.73. The number of H-pyrrole nitrogens is 1. The molecule has 1 amide bonds. The van der Waals surface area contributed by atoms with Gasteiger partial charge in [-0.2, -0.15) is 10.2 Å². The second-order valence-electron chi connectivity index (χ2n) is 7.31. The standard InChI is InChI=1S/C19H22FN9O2S/c1-3-9(10(5-23-22)17(21)30)8-29-19(31)15-11(6-25-29)16-18(28(15)2)26-14(32-16)4-13-12(20)7-24-27-13/h5-7,9,23H,3-4,8,22H2,1-2H3,(H2,21,30)(H,24,27)/b10-5+. The molecule has 32 heavy (non-hydrogen) atoms. The molecule has 0 saturated heterocycles. The predicted octanol–water partition coefficient (Wildman–Crippen LogP) is 0.656. The minimum absolute atomic E-state index is 0.164. The highest BCUT2D eigenvalue weighted by atomic mass is 32.1. The Morgan fingerprint density at radius 1 is 1.47 bits per heavy atom. The average Bonchev–Trinajstić information content (AvgIpc) is 3.43. The number of carbonyl (C=O) groups excluding carboxylic acids is 1. The summed E-state index contributed by atoms with van der Waals surface area (Å²) in [5, 5.41) is 12.1. The van der Waals surface area contributed by atoms with Crippen LogP contribution in [0.3, 0.4) is 0 Å². The van der Waals surface area contributed by atoms with Gasteiger partial charge in [0.05, 0.1) is 23.6 Å². The molecule has 4 aromatic heterocycles. The van der Waals surface area contributed by atoms with E-state index in [9.17, 15) is 14.0 Å². The lowest BCUT2D eigenvalue weighted by molar-refractivity contribution is -0.115. The van der Waals surface area contributed by atoms with Crippen LogP contribution in [-0.4, -0.2) is 35.4 Å². The molecule has 0 bridgehead atoms. The molecule has 11 nitrogen and oxygen atoms in total. The van der Waals surface area contributed by atoms with Gasteiger partial charge < -0.3 is 15.7 Å². The number of hydrazine groups is 1. The summed E-state index contributed by atoms with van der Waals surface area (Å²) in [7, 11) is 1.75. The van der Waals surface area contributed by atoms with E-state index in [2.05, 4.69) is 25.7 Å². The van der Waals surface area contributed by atoms with Crippen molar-refractivity contribution < 1.29 is 9.18 Å². The molecule has 13 heteroatoms. The molecule has 1 atom stereocenters. The van der Waals surface area contributed by atoms with Crippen molar-refractivity contribution >= 4 is 38.5 Å². The molecular weight excluding hydrogens is 437 g/mol. The number of halogens is 1. The third-order valence-electron chi connectivity index (χ3n) is 5.40. The maximum atomic E-state index is 13.7. The van der Waals surface area contributed by atoms with E-state index >= 15 is 0 Å². The van der Waals surface area contributed by atoms with Crippen molar-refractivity contribution in [2.24, 2.45) is 24.5 Å². The number of hydrogen-bond donors (Lipinski definition) is 4. The molecule has 1 unspecified atom stereocenters. The molecular formula is C19H22FN9O2S. The van der Waals surface area contributed by atoms with E-state index in [0.717, 1.165) is 4.70 Å². The molecule has 0 aliphatic heterocycles. The summed E-state index contributed by atoms with van der Waals surface area (Å²) >= 11 is 1.37. The Bertz CT molecular complexity index is 1400. The van der Waals surface area contributed by atoms with E-state index < -0.39 is 11.7 Å². The lowest BCUT2D eigenvalue weighted by Gasteiger charge is -2.17. The van der Waals surface area contributed by atoms with Crippen molar-refractivity contribution in [3.63, 3.8) is 0 Å². The summed E-state index contributed by atoms with van der Waals surface area (Å²) in [6, 6.07) is 0. The van der Waals surface area contributed by atoms with Crippen molar-refractivity contribution in [1.29, 1.82) is 0 Å². The first-order valence-electron chi connectivity index (χ1n) is 9.83. The van der Waals surface area contributed by atoms with E-state index in [1.807, 2.05) is 6.92 Å². The molecule has 0 aromatic carbocycles. The zero-order chi connectivity index (χ0) is 23.0. The first-order valence-corrected chi connectivity index (χ1v) is 10.6. The monoisotopic (exact) mass is 459 g/mol.